The van der Waals surface area contributed by atoms with Gasteiger partial charge in [-0.15, -0.1) is 0 Å². The number of benzene rings is 4. The molecule has 4 aromatic rings. The Hall–Kier alpha value is -4.06. The molecule has 0 saturated carbocycles. The fourth-order valence-corrected chi connectivity index (χ4v) is 6.99. The molecule has 4 rings (SSSR count). The molecule has 1 atom stereocenters. The van der Waals surface area contributed by atoms with Gasteiger partial charge in [-0.3, -0.25) is 13.9 Å². The zero-order valence-electron chi connectivity index (χ0n) is 27.3. The summed E-state index contributed by atoms with van der Waals surface area (Å²) in [7, 11) is -4.62. The molecule has 1 N–H and O–H groups in total. The average Bonchev–Trinajstić information content (AvgIpc) is 3.02. The molecular formula is C36H36Cl2F3N3O4S. The molecule has 0 bridgehead atoms. The van der Waals surface area contributed by atoms with Crippen LogP contribution in [0.1, 0.15) is 43.0 Å². The van der Waals surface area contributed by atoms with Crippen molar-refractivity contribution in [1.82, 2.24) is 10.2 Å². The van der Waals surface area contributed by atoms with Crippen molar-refractivity contribution in [2.45, 2.75) is 63.3 Å². The number of aryl methyl sites for hydroxylation is 1. The minimum absolute atomic E-state index is 0.0187. The molecule has 0 fully saturated rings. The van der Waals surface area contributed by atoms with Gasteiger partial charge in [-0.25, -0.2) is 8.42 Å². The Morgan fingerprint density at radius 2 is 1.43 bits per heavy atom. The maximum atomic E-state index is 14.6. The Morgan fingerprint density at radius 3 is 2.00 bits per heavy atom. The number of carbonyl (C=O) groups excluding carboxylic acids is 2. The lowest BCUT2D eigenvalue weighted by atomic mass is 10.0. The SMILES string of the molecule is Cc1ccc(S(=O)(=O)N(CC(=O)N(Cc2c(Cl)cccc2Cl)C(Cc2ccccc2)C(=O)NC(C)(C)C)c2cccc(C(F)(F)F)c2)cc1. The van der Waals surface area contributed by atoms with Crippen molar-refractivity contribution in [2.75, 3.05) is 10.8 Å². The summed E-state index contributed by atoms with van der Waals surface area (Å²) in [5, 5.41) is 3.30. The van der Waals surface area contributed by atoms with Gasteiger partial charge in [0.25, 0.3) is 10.0 Å². The third-order valence-electron chi connectivity index (χ3n) is 7.51. The summed E-state index contributed by atoms with van der Waals surface area (Å²) in [5.74, 6) is -1.42. The summed E-state index contributed by atoms with van der Waals surface area (Å²) in [5.41, 5.74) is -0.473. The van der Waals surface area contributed by atoms with Gasteiger partial charge in [-0.2, -0.15) is 13.2 Å². The number of anilines is 1. The van der Waals surface area contributed by atoms with E-state index in [2.05, 4.69) is 5.32 Å². The van der Waals surface area contributed by atoms with Crippen molar-refractivity contribution in [3.05, 3.63) is 129 Å². The van der Waals surface area contributed by atoms with E-state index in [9.17, 15) is 31.2 Å². The van der Waals surface area contributed by atoms with Crippen molar-refractivity contribution < 1.29 is 31.2 Å². The van der Waals surface area contributed by atoms with Crippen LogP contribution in [0.4, 0.5) is 18.9 Å². The van der Waals surface area contributed by atoms with Crippen molar-refractivity contribution in [3.63, 3.8) is 0 Å². The minimum atomic E-state index is -4.79. The first-order valence-electron chi connectivity index (χ1n) is 15.2. The number of hydrogen-bond donors (Lipinski definition) is 1. The monoisotopic (exact) mass is 733 g/mol. The summed E-state index contributed by atoms with van der Waals surface area (Å²) in [6, 6.07) is 21.8. The fraction of sp³-hybridized carbons (Fsp3) is 0.278. The summed E-state index contributed by atoms with van der Waals surface area (Å²) in [4.78, 5) is 29.5. The number of hydrogen-bond acceptors (Lipinski definition) is 4. The van der Waals surface area contributed by atoms with E-state index in [-0.39, 0.29) is 27.9 Å². The largest absolute Gasteiger partial charge is 0.416 e. The quantitative estimate of drug-likeness (QED) is 0.169. The number of halogens is 5. The lowest BCUT2D eigenvalue weighted by Crippen LogP contribution is -2.56. The third-order valence-corrected chi connectivity index (χ3v) is 10.0. The van der Waals surface area contributed by atoms with Crippen molar-refractivity contribution in [2.24, 2.45) is 0 Å². The van der Waals surface area contributed by atoms with Gasteiger partial charge in [0.15, 0.2) is 0 Å². The predicted molar refractivity (Wildman–Crippen MR) is 186 cm³/mol. The van der Waals surface area contributed by atoms with Crippen LogP contribution in [0, 0.1) is 6.92 Å². The second-order valence-electron chi connectivity index (χ2n) is 12.5. The lowest BCUT2D eigenvalue weighted by Gasteiger charge is -2.35. The number of alkyl halides is 3. The molecule has 0 aliphatic heterocycles. The molecule has 2 amide bonds. The first kappa shape index (κ1) is 37.8. The Balaban J connectivity index is 1.89. The Bertz CT molecular complexity index is 1880. The highest BCUT2D eigenvalue weighted by Crippen LogP contribution is 2.34. The molecular weight excluding hydrogens is 698 g/mol. The standard InChI is InChI=1S/C36H36Cl2F3N3O4S/c1-24-16-18-28(19-17-24)49(47,48)44(27-13-8-12-26(21-27)36(39,40)41)23-33(45)43(22-29-30(37)14-9-15-31(29)38)32(34(46)42-35(2,3)4)20-25-10-6-5-7-11-25/h5-19,21,32H,20,22-23H2,1-4H3,(H,42,46). The van der Waals surface area contributed by atoms with Gasteiger partial charge in [-0.05, 0) is 75.7 Å². The number of carbonyl (C=O) groups is 2. The first-order chi connectivity index (χ1) is 22.9. The third kappa shape index (κ3) is 9.77. The Morgan fingerprint density at radius 1 is 0.837 bits per heavy atom. The van der Waals surface area contributed by atoms with E-state index in [0.29, 0.717) is 21.5 Å². The molecule has 0 heterocycles. The summed E-state index contributed by atoms with van der Waals surface area (Å²) in [6.45, 7) is 5.79. The van der Waals surface area contributed by atoms with E-state index in [1.54, 1.807) is 76.2 Å². The summed E-state index contributed by atoms with van der Waals surface area (Å²) < 4.78 is 70.4. The van der Waals surface area contributed by atoms with Crippen LogP contribution in [-0.4, -0.2) is 43.3 Å². The number of rotatable bonds is 11. The second-order valence-corrected chi connectivity index (χ2v) is 15.2. The Kier molecular flexibility index (Phi) is 11.7. The van der Waals surface area contributed by atoms with Crippen LogP contribution in [0.2, 0.25) is 10.0 Å². The van der Waals surface area contributed by atoms with E-state index < -0.39 is 57.4 Å². The molecule has 13 heteroatoms. The molecule has 7 nitrogen and oxygen atoms in total. The number of amides is 2. The van der Waals surface area contributed by atoms with E-state index in [1.807, 2.05) is 0 Å². The van der Waals surface area contributed by atoms with Crippen LogP contribution in [0.15, 0.2) is 102 Å². The van der Waals surface area contributed by atoms with Gasteiger partial charge in [0, 0.05) is 34.1 Å². The Labute approximate surface area is 294 Å². The second kappa shape index (κ2) is 15.2. The predicted octanol–water partition coefficient (Wildman–Crippen LogP) is 8.07. The zero-order valence-corrected chi connectivity index (χ0v) is 29.6. The maximum Gasteiger partial charge on any atom is 0.416 e. The lowest BCUT2D eigenvalue weighted by molar-refractivity contribution is -0.140. The van der Waals surface area contributed by atoms with Crippen LogP contribution in [0.25, 0.3) is 0 Å². The topological polar surface area (TPSA) is 86.8 Å². The highest BCUT2D eigenvalue weighted by atomic mass is 35.5. The molecule has 0 aliphatic rings. The number of nitrogens with zero attached hydrogens (tertiary/aromatic N) is 2. The van der Waals surface area contributed by atoms with Crippen molar-refractivity contribution in [1.29, 1.82) is 0 Å². The summed E-state index contributed by atoms with van der Waals surface area (Å²) in [6.07, 6.45) is -4.77. The molecule has 0 saturated heterocycles. The molecule has 0 aliphatic carbocycles. The number of nitrogens with one attached hydrogen (secondary N) is 1. The highest BCUT2D eigenvalue weighted by molar-refractivity contribution is 7.92. The minimum Gasteiger partial charge on any atom is -0.350 e. The molecule has 0 aromatic heterocycles. The molecule has 49 heavy (non-hydrogen) atoms. The van der Waals surface area contributed by atoms with Crippen LogP contribution >= 0.6 is 23.2 Å². The van der Waals surface area contributed by atoms with Gasteiger partial charge in [0.2, 0.25) is 11.8 Å². The van der Waals surface area contributed by atoms with Gasteiger partial charge < -0.3 is 10.2 Å². The number of sulfonamides is 1. The van der Waals surface area contributed by atoms with Crippen LogP contribution in [-0.2, 0) is 38.8 Å². The van der Waals surface area contributed by atoms with Gasteiger partial charge in [0.05, 0.1) is 16.1 Å². The molecule has 0 spiro atoms. The van der Waals surface area contributed by atoms with Crippen molar-refractivity contribution in [3.8, 4) is 0 Å². The van der Waals surface area contributed by atoms with E-state index >= 15 is 0 Å². The fourth-order valence-electron chi connectivity index (χ4n) is 5.06. The highest BCUT2D eigenvalue weighted by Gasteiger charge is 2.37. The molecule has 1 unspecified atom stereocenters. The zero-order chi connectivity index (χ0) is 36.1. The van der Waals surface area contributed by atoms with Crippen molar-refractivity contribution >= 4 is 50.7 Å². The van der Waals surface area contributed by atoms with Gasteiger partial charge in [0.1, 0.15) is 12.6 Å². The molecule has 260 valence electrons. The van der Waals surface area contributed by atoms with Crippen LogP contribution < -0.4 is 9.62 Å². The molecule has 0 radical (unpaired) electrons. The average molecular weight is 735 g/mol. The van der Waals surface area contributed by atoms with Gasteiger partial charge in [-0.1, -0.05) is 83.4 Å². The molecule has 4 aromatic carbocycles. The van der Waals surface area contributed by atoms with Crippen LogP contribution in [0.5, 0.6) is 0 Å². The van der Waals surface area contributed by atoms with Crippen LogP contribution in [0.3, 0.4) is 0 Å². The maximum absolute atomic E-state index is 14.6. The normalized spacial score (nSPS) is 12.7. The smallest absolute Gasteiger partial charge is 0.350 e. The summed E-state index contributed by atoms with van der Waals surface area (Å²) >= 11 is 13.0. The van der Waals surface area contributed by atoms with E-state index in [1.165, 1.54) is 35.2 Å². The first-order valence-corrected chi connectivity index (χ1v) is 17.4. The van der Waals surface area contributed by atoms with Gasteiger partial charge >= 0.3 is 6.18 Å². The van der Waals surface area contributed by atoms with E-state index in [4.69, 9.17) is 23.2 Å². The van der Waals surface area contributed by atoms with E-state index in [0.717, 1.165) is 17.7 Å².